The van der Waals surface area contributed by atoms with E-state index in [0.29, 0.717) is 16.8 Å². The molecule has 0 atom stereocenters. The van der Waals surface area contributed by atoms with E-state index in [0.717, 1.165) is 48.6 Å². The van der Waals surface area contributed by atoms with Crippen LogP contribution in [0.15, 0.2) is 84.9 Å². The van der Waals surface area contributed by atoms with Gasteiger partial charge in [-0.15, -0.1) is 0 Å². The van der Waals surface area contributed by atoms with E-state index in [9.17, 15) is 9.59 Å². The lowest BCUT2D eigenvalue weighted by atomic mass is 9.74. The van der Waals surface area contributed by atoms with Crippen LogP contribution in [0, 0.1) is 0 Å². The summed E-state index contributed by atoms with van der Waals surface area (Å²) in [7, 11) is -0.481. The van der Waals surface area contributed by atoms with Gasteiger partial charge in [0.25, 0.3) is 11.8 Å². The van der Waals surface area contributed by atoms with E-state index in [1.807, 2.05) is 42.5 Å². The first-order valence-electron chi connectivity index (χ1n) is 13.6. The molecule has 6 heteroatoms. The van der Waals surface area contributed by atoms with Crippen molar-refractivity contribution in [2.45, 2.75) is 38.9 Å². The molecular formula is C34H26BNO4. The molecule has 2 aliphatic rings. The Kier molecular flexibility index (Phi) is 4.54. The van der Waals surface area contributed by atoms with Gasteiger partial charge in [0.15, 0.2) is 0 Å². The summed E-state index contributed by atoms with van der Waals surface area (Å²) in [5.41, 5.74) is 1.78. The minimum absolute atomic E-state index is 0.299. The van der Waals surface area contributed by atoms with E-state index in [4.69, 9.17) is 9.31 Å². The molecule has 6 aromatic rings. The molecular weight excluding hydrogens is 497 g/mol. The number of amides is 2. The van der Waals surface area contributed by atoms with Crippen molar-refractivity contribution in [1.82, 2.24) is 0 Å². The number of benzene rings is 6. The molecule has 0 radical (unpaired) electrons. The number of carbonyl (C=O) groups is 2. The summed E-state index contributed by atoms with van der Waals surface area (Å²) < 4.78 is 12.9. The number of para-hydroxylation sites is 1. The maximum Gasteiger partial charge on any atom is 0.495 e. The zero-order chi connectivity index (χ0) is 27.6. The summed E-state index contributed by atoms with van der Waals surface area (Å²) in [6, 6.07) is 27.5. The Morgan fingerprint density at radius 2 is 1.07 bits per heavy atom. The average Bonchev–Trinajstić information content (AvgIpc) is 3.17. The SMILES string of the molecule is CC1(C)OB(c2ccc3c4ccc5c6c(ccc(c7cccc2c73)c64)C(=O)N(c2ccccc2)C5=O)OC1(C)C. The van der Waals surface area contributed by atoms with Crippen LogP contribution < -0.4 is 10.4 Å². The molecule has 1 fully saturated rings. The first-order chi connectivity index (χ1) is 19.2. The average molecular weight is 523 g/mol. The number of hydrogen-bond acceptors (Lipinski definition) is 4. The second-order valence-electron chi connectivity index (χ2n) is 11.9. The Morgan fingerprint density at radius 1 is 0.550 bits per heavy atom. The van der Waals surface area contributed by atoms with Gasteiger partial charge < -0.3 is 9.31 Å². The molecule has 0 aliphatic carbocycles. The van der Waals surface area contributed by atoms with Crippen LogP contribution in [0.1, 0.15) is 48.4 Å². The molecule has 2 aliphatic heterocycles. The van der Waals surface area contributed by atoms with Crippen LogP contribution in [-0.2, 0) is 9.31 Å². The molecule has 0 bridgehead atoms. The molecule has 0 saturated carbocycles. The Hall–Kier alpha value is -4.26. The van der Waals surface area contributed by atoms with Gasteiger partial charge in [0.05, 0.1) is 16.9 Å². The minimum Gasteiger partial charge on any atom is -0.399 e. The molecule has 6 aromatic carbocycles. The van der Waals surface area contributed by atoms with E-state index >= 15 is 0 Å². The lowest BCUT2D eigenvalue weighted by Gasteiger charge is -2.32. The lowest BCUT2D eigenvalue weighted by Crippen LogP contribution is -2.41. The van der Waals surface area contributed by atoms with Crippen LogP contribution in [0.2, 0.25) is 0 Å². The predicted molar refractivity (Wildman–Crippen MR) is 161 cm³/mol. The first-order valence-corrected chi connectivity index (χ1v) is 13.6. The number of hydrogen-bond donors (Lipinski definition) is 0. The quantitative estimate of drug-likeness (QED) is 0.108. The summed E-state index contributed by atoms with van der Waals surface area (Å²) in [4.78, 5) is 28.8. The van der Waals surface area contributed by atoms with Gasteiger partial charge in [0.1, 0.15) is 0 Å². The number of nitrogens with zero attached hydrogens (tertiary/aromatic N) is 1. The van der Waals surface area contributed by atoms with Crippen molar-refractivity contribution < 1.29 is 18.9 Å². The predicted octanol–water partition coefficient (Wildman–Crippen LogP) is 6.84. The molecule has 2 heterocycles. The van der Waals surface area contributed by atoms with Crippen molar-refractivity contribution in [3.8, 4) is 0 Å². The van der Waals surface area contributed by atoms with Crippen molar-refractivity contribution in [3.63, 3.8) is 0 Å². The number of rotatable bonds is 2. The summed E-state index contributed by atoms with van der Waals surface area (Å²) >= 11 is 0. The van der Waals surface area contributed by atoms with Gasteiger partial charge in [-0.2, -0.15) is 0 Å². The molecule has 1 saturated heterocycles. The van der Waals surface area contributed by atoms with E-state index < -0.39 is 18.3 Å². The van der Waals surface area contributed by atoms with Crippen LogP contribution >= 0.6 is 0 Å². The van der Waals surface area contributed by atoms with Gasteiger partial charge in [0.2, 0.25) is 0 Å². The van der Waals surface area contributed by atoms with Crippen molar-refractivity contribution in [3.05, 3.63) is 96.1 Å². The summed E-state index contributed by atoms with van der Waals surface area (Å²) in [5, 5.41) is 8.09. The summed E-state index contributed by atoms with van der Waals surface area (Å²) in [6.45, 7) is 8.26. The van der Waals surface area contributed by atoms with E-state index in [2.05, 4.69) is 58.0 Å². The summed E-state index contributed by atoms with van der Waals surface area (Å²) in [6.07, 6.45) is 0. The van der Waals surface area contributed by atoms with Crippen molar-refractivity contribution in [2.24, 2.45) is 0 Å². The molecule has 5 nitrogen and oxygen atoms in total. The molecule has 0 aromatic heterocycles. The zero-order valence-corrected chi connectivity index (χ0v) is 22.7. The highest BCUT2D eigenvalue weighted by molar-refractivity contribution is 6.66. The Bertz CT molecular complexity index is 1980. The van der Waals surface area contributed by atoms with E-state index in [1.54, 1.807) is 12.1 Å². The molecule has 40 heavy (non-hydrogen) atoms. The zero-order valence-electron chi connectivity index (χ0n) is 22.7. The standard InChI is InChI=1S/C34H26BNO4/c1-33(2)34(3,4)40-35(39-33)27-18-17-21-23-14-16-26-30-25(31(37)36(32(26)38)19-9-6-5-7-10-19)15-13-22(29(23)30)20-11-8-12-24(27)28(20)21/h5-18H,1-4H3. The number of anilines is 1. The van der Waals surface area contributed by atoms with Gasteiger partial charge in [-0.3, -0.25) is 9.59 Å². The highest BCUT2D eigenvalue weighted by Crippen LogP contribution is 2.45. The minimum atomic E-state index is -0.481. The fourth-order valence-corrected chi connectivity index (χ4v) is 6.50. The third-order valence-corrected chi connectivity index (χ3v) is 9.20. The van der Waals surface area contributed by atoms with Crippen LogP contribution in [0.25, 0.3) is 43.1 Å². The van der Waals surface area contributed by atoms with Crippen LogP contribution in [0.4, 0.5) is 5.69 Å². The maximum absolute atomic E-state index is 13.8. The maximum atomic E-state index is 13.8. The highest BCUT2D eigenvalue weighted by Gasteiger charge is 2.52. The Morgan fingerprint density at radius 3 is 1.70 bits per heavy atom. The van der Waals surface area contributed by atoms with Crippen LogP contribution in [0.5, 0.6) is 0 Å². The Labute approximate surface area is 231 Å². The molecule has 8 rings (SSSR count). The monoisotopic (exact) mass is 523 g/mol. The van der Waals surface area contributed by atoms with E-state index in [-0.39, 0.29) is 11.8 Å². The normalized spacial score (nSPS) is 18.2. The van der Waals surface area contributed by atoms with Crippen LogP contribution in [0.3, 0.4) is 0 Å². The number of fused-ring (bicyclic) bond motifs is 2. The largest absolute Gasteiger partial charge is 0.495 e. The fraction of sp³-hybridized carbons (Fsp3) is 0.176. The molecule has 194 valence electrons. The molecule has 0 spiro atoms. The van der Waals surface area contributed by atoms with Crippen molar-refractivity contribution in [1.29, 1.82) is 0 Å². The van der Waals surface area contributed by atoms with E-state index in [1.165, 1.54) is 4.90 Å². The topological polar surface area (TPSA) is 55.8 Å². The first kappa shape index (κ1) is 23.6. The second-order valence-corrected chi connectivity index (χ2v) is 11.9. The van der Waals surface area contributed by atoms with Crippen LogP contribution in [-0.4, -0.2) is 30.1 Å². The third-order valence-electron chi connectivity index (χ3n) is 9.20. The lowest BCUT2D eigenvalue weighted by molar-refractivity contribution is 0.00578. The Balaban J connectivity index is 1.41. The van der Waals surface area contributed by atoms with Gasteiger partial charge in [-0.1, -0.05) is 60.7 Å². The molecule has 0 unspecified atom stereocenters. The number of carbonyl (C=O) groups excluding carboxylic acids is 2. The van der Waals surface area contributed by atoms with Gasteiger partial charge >= 0.3 is 7.12 Å². The van der Waals surface area contributed by atoms with Crippen molar-refractivity contribution >= 4 is 73.2 Å². The molecule has 2 amide bonds. The summed E-state index contributed by atoms with van der Waals surface area (Å²) in [5.74, 6) is -0.597. The van der Waals surface area contributed by atoms with Gasteiger partial charge in [-0.25, -0.2) is 4.90 Å². The number of imide groups is 1. The van der Waals surface area contributed by atoms with Crippen molar-refractivity contribution in [2.75, 3.05) is 4.90 Å². The van der Waals surface area contributed by atoms with Gasteiger partial charge in [-0.05, 0) is 95.1 Å². The third kappa shape index (κ3) is 2.90. The van der Waals surface area contributed by atoms with Gasteiger partial charge in [0, 0.05) is 16.5 Å². The highest BCUT2D eigenvalue weighted by atomic mass is 16.7. The molecule has 0 N–H and O–H groups in total. The second kappa shape index (κ2) is 7.69. The smallest absolute Gasteiger partial charge is 0.399 e. The fourth-order valence-electron chi connectivity index (χ4n) is 6.50.